The van der Waals surface area contributed by atoms with E-state index in [9.17, 15) is 19.7 Å². The molecule has 4 rings (SSSR count). The van der Waals surface area contributed by atoms with Crippen molar-refractivity contribution in [1.29, 1.82) is 0 Å². The Balaban J connectivity index is 1.72. The van der Waals surface area contributed by atoms with E-state index in [4.69, 9.17) is 4.74 Å². The molecule has 0 spiro atoms. The Morgan fingerprint density at radius 2 is 1.91 bits per heavy atom. The molecule has 0 aliphatic carbocycles. The number of nitro benzene ring substituents is 1. The monoisotopic (exact) mass is 470 g/mol. The fourth-order valence-electron chi connectivity index (χ4n) is 4.24. The number of aliphatic imine (C=N–C) groups is 1. The normalized spacial score (nSPS) is 20.1. The van der Waals surface area contributed by atoms with Gasteiger partial charge in [0.25, 0.3) is 5.69 Å². The van der Waals surface area contributed by atoms with E-state index < -0.39 is 16.9 Å². The molecule has 0 radical (unpaired) electrons. The fraction of sp³-hybridized carbons (Fsp3) is 0.435. The van der Waals surface area contributed by atoms with Crippen molar-refractivity contribution in [2.24, 2.45) is 4.99 Å². The van der Waals surface area contributed by atoms with Crippen molar-refractivity contribution in [2.45, 2.75) is 52.2 Å². The van der Waals surface area contributed by atoms with Crippen LogP contribution < -0.4 is 0 Å². The van der Waals surface area contributed by atoms with E-state index in [1.807, 2.05) is 15.2 Å². The first-order valence-electron chi connectivity index (χ1n) is 10.9. The van der Waals surface area contributed by atoms with Gasteiger partial charge in [0.15, 0.2) is 5.17 Å². The van der Waals surface area contributed by atoms with Crippen LogP contribution >= 0.6 is 11.8 Å². The van der Waals surface area contributed by atoms with E-state index in [0.29, 0.717) is 22.0 Å². The minimum atomic E-state index is -0.600. The van der Waals surface area contributed by atoms with Crippen LogP contribution in [-0.2, 0) is 14.3 Å². The topological polar surface area (TPSA) is 105 Å². The Hall–Kier alpha value is -3.14. The lowest BCUT2D eigenvalue weighted by Crippen LogP contribution is -2.38. The third-order valence-electron chi connectivity index (χ3n) is 5.77. The number of amides is 1. The van der Waals surface area contributed by atoms with E-state index in [-0.39, 0.29) is 24.1 Å². The average molecular weight is 471 g/mol. The molecule has 0 aromatic heterocycles. The number of carbonyl (C=O) groups excluding carboxylic acids is 2. The number of fused-ring (bicyclic) bond motifs is 1. The first kappa shape index (κ1) is 23.0. The zero-order chi connectivity index (χ0) is 23.7. The summed E-state index contributed by atoms with van der Waals surface area (Å²) >= 11 is 1.41. The number of ether oxygens (including phenoxy) is 1. The SMILES string of the molecule is CC1=C(C(=O)OC(C)C)[C@@H](c2ccc([N+](=O)[O-])cc2)N2C(CC(=O)N3CCCC3)=CSC2=N1. The van der Waals surface area contributed by atoms with Gasteiger partial charge in [-0.05, 0) is 56.7 Å². The van der Waals surface area contributed by atoms with Gasteiger partial charge >= 0.3 is 5.97 Å². The summed E-state index contributed by atoms with van der Waals surface area (Å²) in [5, 5.41) is 13.7. The summed E-state index contributed by atoms with van der Waals surface area (Å²) < 4.78 is 5.52. The van der Waals surface area contributed by atoms with Crippen molar-refractivity contribution in [3.8, 4) is 0 Å². The van der Waals surface area contributed by atoms with E-state index in [0.717, 1.165) is 31.6 Å². The summed E-state index contributed by atoms with van der Waals surface area (Å²) in [4.78, 5) is 45.1. The third kappa shape index (κ3) is 4.66. The molecule has 9 nitrogen and oxygen atoms in total. The van der Waals surface area contributed by atoms with Gasteiger partial charge in [0.05, 0.1) is 34.8 Å². The Kier molecular flexibility index (Phi) is 6.55. The second kappa shape index (κ2) is 9.38. The van der Waals surface area contributed by atoms with Crippen LogP contribution in [-0.4, -0.2) is 51.0 Å². The van der Waals surface area contributed by atoms with Crippen LogP contribution in [0.5, 0.6) is 0 Å². The second-order valence-electron chi connectivity index (χ2n) is 8.46. The molecule has 3 aliphatic heterocycles. The lowest BCUT2D eigenvalue weighted by Gasteiger charge is -2.36. The molecular weight excluding hydrogens is 444 g/mol. The van der Waals surface area contributed by atoms with Gasteiger partial charge in [-0.3, -0.25) is 14.9 Å². The minimum Gasteiger partial charge on any atom is -0.459 e. The van der Waals surface area contributed by atoms with E-state index in [1.165, 1.54) is 23.9 Å². The first-order chi connectivity index (χ1) is 15.8. The predicted octanol–water partition coefficient (Wildman–Crippen LogP) is 4.13. The van der Waals surface area contributed by atoms with Crippen molar-refractivity contribution in [3.63, 3.8) is 0 Å². The van der Waals surface area contributed by atoms with Crippen molar-refractivity contribution in [3.05, 3.63) is 62.3 Å². The van der Waals surface area contributed by atoms with Crippen LogP contribution in [0.4, 0.5) is 5.69 Å². The van der Waals surface area contributed by atoms with Crippen molar-refractivity contribution < 1.29 is 19.2 Å². The number of allylic oxidation sites excluding steroid dienone is 1. The molecule has 0 unspecified atom stereocenters. The van der Waals surface area contributed by atoms with Crippen LogP contribution in [0.1, 0.15) is 51.6 Å². The Morgan fingerprint density at radius 3 is 2.52 bits per heavy atom. The largest absolute Gasteiger partial charge is 0.459 e. The summed E-state index contributed by atoms with van der Waals surface area (Å²) in [6, 6.07) is 5.53. The highest BCUT2D eigenvalue weighted by molar-refractivity contribution is 8.16. The molecule has 0 saturated carbocycles. The Morgan fingerprint density at radius 1 is 1.24 bits per heavy atom. The summed E-state index contributed by atoms with van der Waals surface area (Å²) in [6.45, 7) is 6.83. The molecule has 1 fully saturated rings. The summed E-state index contributed by atoms with van der Waals surface area (Å²) in [5.74, 6) is -0.448. The highest BCUT2D eigenvalue weighted by Gasteiger charge is 2.41. The summed E-state index contributed by atoms with van der Waals surface area (Å²) in [7, 11) is 0. The maximum atomic E-state index is 13.1. The molecule has 3 aliphatic rings. The molecule has 1 amide bonds. The quantitative estimate of drug-likeness (QED) is 0.350. The van der Waals surface area contributed by atoms with Crippen LogP contribution in [0.3, 0.4) is 0 Å². The number of benzene rings is 1. The number of nitrogens with zero attached hydrogens (tertiary/aromatic N) is 4. The molecule has 0 N–H and O–H groups in total. The standard InChI is InChI=1S/C23H26N4O5S/c1-14(2)32-22(29)20-15(3)24-23-26(21(20)16-6-8-17(9-7-16)27(30)31)18(13-33-23)12-19(28)25-10-4-5-11-25/h6-9,13-14,21H,4-5,10-12H2,1-3H3/t21-/m1/s1. The molecule has 1 atom stereocenters. The molecule has 1 saturated heterocycles. The maximum Gasteiger partial charge on any atom is 0.338 e. The average Bonchev–Trinajstić information content (AvgIpc) is 3.43. The minimum absolute atomic E-state index is 0.0359. The van der Waals surface area contributed by atoms with Crippen LogP contribution in [0, 0.1) is 10.1 Å². The number of amidine groups is 1. The number of nitro groups is 1. The molecular formula is C23H26N4O5S. The first-order valence-corrected chi connectivity index (χ1v) is 11.8. The Labute approximate surface area is 196 Å². The maximum absolute atomic E-state index is 13.1. The fourth-order valence-corrected chi connectivity index (χ4v) is 5.20. The van der Waals surface area contributed by atoms with Crippen molar-refractivity contribution >= 4 is 34.5 Å². The van der Waals surface area contributed by atoms with Crippen molar-refractivity contribution in [2.75, 3.05) is 13.1 Å². The molecule has 0 bridgehead atoms. The third-order valence-corrected chi connectivity index (χ3v) is 6.66. The smallest absolute Gasteiger partial charge is 0.338 e. The van der Waals surface area contributed by atoms with Gasteiger partial charge in [0.1, 0.15) is 0 Å². The number of thioether (sulfide) groups is 1. The summed E-state index contributed by atoms with van der Waals surface area (Å²) in [6.07, 6.45) is 1.89. The van der Waals surface area contributed by atoms with Crippen LogP contribution in [0.15, 0.2) is 51.6 Å². The highest BCUT2D eigenvalue weighted by Crippen LogP contribution is 2.45. The molecule has 1 aromatic rings. The highest BCUT2D eigenvalue weighted by atomic mass is 32.2. The number of esters is 1. The van der Waals surface area contributed by atoms with E-state index in [2.05, 4.69) is 4.99 Å². The number of hydrogen-bond acceptors (Lipinski definition) is 8. The van der Waals surface area contributed by atoms with Crippen LogP contribution in [0.2, 0.25) is 0 Å². The Bertz CT molecular complexity index is 1070. The predicted molar refractivity (Wildman–Crippen MR) is 125 cm³/mol. The van der Waals surface area contributed by atoms with Gasteiger partial charge in [-0.25, -0.2) is 9.79 Å². The number of carbonyl (C=O) groups is 2. The zero-order valence-corrected chi connectivity index (χ0v) is 19.6. The lowest BCUT2D eigenvalue weighted by molar-refractivity contribution is -0.384. The second-order valence-corrected chi connectivity index (χ2v) is 9.30. The zero-order valence-electron chi connectivity index (χ0n) is 18.8. The number of rotatable bonds is 6. The van der Waals surface area contributed by atoms with Gasteiger partial charge in [0.2, 0.25) is 5.91 Å². The number of likely N-dealkylation sites (tertiary alicyclic amines) is 1. The van der Waals surface area contributed by atoms with Gasteiger partial charge in [-0.2, -0.15) is 0 Å². The molecule has 1 aromatic carbocycles. The molecule has 10 heteroatoms. The number of non-ortho nitro benzene ring substituents is 1. The van der Waals surface area contributed by atoms with Gasteiger partial charge in [-0.15, -0.1) is 0 Å². The van der Waals surface area contributed by atoms with E-state index in [1.54, 1.807) is 32.9 Å². The summed E-state index contributed by atoms with van der Waals surface area (Å²) in [5.41, 5.74) is 2.30. The molecule has 33 heavy (non-hydrogen) atoms. The van der Waals surface area contributed by atoms with Crippen LogP contribution in [0.25, 0.3) is 0 Å². The van der Waals surface area contributed by atoms with Crippen molar-refractivity contribution in [1.82, 2.24) is 9.80 Å². The number of hydrogen-bond donors (Lipinski definition) is 0. The molecule has 174 valence electrons. The van der Waals surface area contributed by atoms with Gasteiger partial charge in [-0.1, -0.05) is 11.8 Å². The molecule has 3 heterocycles. The van der Waals surface area contributed by atoms with Gasteiger partial charge in [0, 0.05) is 30.9 Å². The van der Waals surface area contributed by atoms with E-state index >= 15 is 0 Å². The lowest BCUT2D eigenvalue weighted by atomic mass is 9.93. The van der Waals surface area contributed by atoms with Gasteiger partial charge < -0.3 is 14.5 Å².